The van der Waals surface area contributed by atoms with E-state index in [0.29, 0.717) is 38.3 Å². The van der Waals surface area contributed by atoms with Crippen molar-refractivity contribution in [2.45, 2.75) is 26.9 Å². The van der Waals surface area contributed by atoms with Crippen LogP contribution in [0.3, 0.4) is 0 Å². The third-order valence-electron chi connectivity index (χ3n) is 6.07. The van der Waals surface area contributed by atoms with E-state index < -0.39 is 23.9 Å². The van der Waals surface area contributed by atoms with Gasteiger partial charge in [0.25, 0.3) is 11.8 Å². The molecule has 1 atom stereocenters. The van der Waals surface area contributed by atoms with Gasteiger partial charge in [0, 0.05) is 21.0 Å². The first-order valence-electron chi connectivity index (χ1n) is 12.8. The van der Waals surface area contributed by atoms with Crippen molar-refractivity contribution >= 4 is 51.4 Å². The molecule has 0 aliphatic heterocycles. The van der Waals surface area contributed by atoms with E-state index in [1.54, 1.807) is 56.3 Å². The fourth-order valence-corrected chi connectivity index (χ4v) is 5.34. The standard InChI is InChI=1S/C31H29ClN2O6S/c1-5-39-31(37)27-26(20-9-7-6-8-10-20)19(3)41-30(27)34-29(36)21-11-14-23(15-12-21)40-18(2)28(35)33-24-17-22(32)13-16-25(24)38-4/h6-18H,5H2,1-4H3,(H,33,35)(H,34,36)/t18-/m0/s1. The van der Waals surface area contributed by atoms with Crippen LogP contribution in [0.4, 0.5) is 10.7 Å². The average Bonchev–Trinajstić information content (AvgIpc) is 3.29. The van der Waals surface area contributed by atoms with Crippen LogP contribution in [0.15, 0.2) is 72.8 Å². The van der Waals surface area contributed by atoms with Crippen molar-refractivity contribution in [1.82, 2.24) is 0 Å². The van der Waals surface area contributed by atoms with Gasteiger partial charge in [0.1, 0.15) is 22.1 Å². The molecule has 0 unspecified atom stereocenters. The molecule has 0 spiro atoms. The number of hydrogen-bond donors (Lipinski definition) is 2. The van der Waals surface area contributed by atoms with Gasteiger partial charge < -0.3 is 24.8 Å². The molecule has 0 saturated heterocycles. The van der Waals surface area contributed by atoms with E-state index in [2.05, 4.69) is 10.6 Å². The predicted octanol–water partition coefficient (Wildman–Crippen LogP) is 7.22. The van der Waals surface area contributed by atoms with Gasteiger partial charge in [-0.1, -0.05) is 41.9 Å². The molecule has 2 amide bonds. The van der Waals surface area contributed by atoms with Gasteiger partial charge >= 0.3 is 5.97 Å². The Morgan fingerprint density at radius 2 is 1.68 bits per heavy atom. The molecule has 0 radical (unpaired) electrons. The maximum absolute atomic E-state index is 13.2. The predicted molar refractivity (Wildman–Crippen MR) is 162 cm³/mol. The van der Waals surface area contributed by atoms with Crippen molar-refractivity contribution in [3.8, 4) is 22.6 Å². The third-order valence-corrected chi connectivity index (χ3v) is 7.33. The highest BCUT2D eigenvalue weighted by molar-refractivity contribution is 7.17. The zero-order valence-corrected chi connectivity index (χ0v) is 24.5. The Hall–Kier alpha value is -4.34. The number of rotatable bonds is 10. The maximum Gasteiger partial charge on any atom is 0.341 e. The fourth-order valence-electron chi connectivity index (χ4n) is 4.11. The summed E-state index contributed by atoms with van der Waals surface area (Å²) < 4.78 is 16.4. The minimum atomic E-state index is -0.851. The molecule has 4 rings (SSSR count). The Balaban J connectivity index is 1.47. The molecule has 4 aromatic rings. The van der Waals surface area contributed by atoms with E-state index in [0.717, 1.165) is 16.0 Å². The third kappa shape index (κ3) is 7.06. The van der Waals surface area contributed by atoms with Crippen LogP contribution >= 0.6 is 22.9 Å². The lowest BCUT2D eigenvalue weighted by atomic mass is 10.0. The van der Waals surface area contributed by atoms with E-state index in [1.165, 1.54) is 18.4 Å². The lowest BCUT2D eigenvalue weighted by molar-refractivity contribution is -0.122. The highest BCUT2D eigenvalue weighted by Crippen LogP contribution is 2.40. The van der Waals surface area contributed by atoms with Crippen LogP contribution in [-0.2, 0) is 9.53 Å². The van der Waals surface area contributed by atoms with Gasteiger partial charge in [0.05, 0.1) is 19.4 Å². The number of carbonyl (C=O) groups excluding carboxylic acids is 3. The number of methoxy groups -OCH3 is 1. The molecule has 10 heteroatoms. The lowest BCUT2D eigenvalue weighted by Gasteiger charge is -2.16. The number of hydrogen-bond acceptors (Lipinski definition) is 7. The molecule has 2 N–H and O–H groups in total. The van der Waals surface area contributed by atoms with Crippen molar-refractivity contribution < 1.29 is 28.6 Å². The SMILES string of the molecule is CCOC(=O)c1c(NC(=O)c2ccc(O[C@@H](C)C(=O)Nc3cc(Cl)ccc3OC)cc2)sc(C)c1-c1ccccc1. The quantitative estimate of drug-likeness (QED) is 0.188. The number of amides is 2. The molecular formula is C31H29ClN2O6S. The minimum Gasteiger partial charge on any atom is -0.495 e. The maximum atomic E-state index is 13.2. The zero-order valence-electron chi connectivity index (χ0n) is 22.9. The number of thiophene rings is 1. The second kappa shape index (κ2) is 13.3. The molecule has 0 aliphatic rings. The summed E-state index contributed by atoms with van der Waals surface area (Å²) in [4.78, 5) is 39.7. The Kier molecular flexibility index (Phi) is 9.65. The van der Waals surface area contributed by atoms with Crippen LogP contribution < -0.4 is 20.1 Å². The molecule has 212 valence electrons. The fraction of sp³-hybridized carbons (Fsp3) is 0.194. The molecule has 0 aliphatic carbocycles. The Labute approximate surface area is 247 Å². The van der Waals surface area contributed by atoms with Crippen molar-refractivity contribution in [3.05, 3.63) is 93.8 Å². The summed E-state index contributed by atoms with van der Waals surface area (Å²) in [7, 11) is 1.50. The number of aryl methyl sites for hydroxylation is 1. The van der Waals surface area contributed by atoms with Gasteiger partial charge in [0.15, 0.2) is 6.10 Å². The minimum absolute atomic E-state index is 0.208. The number of benzene rings is 3. The van der Waals surface area contributed by atoms with Crippen molar-refractivity contribution in [3.63, 3.8) is 0 Å². The summed E-state index contributed by atoms with van der Waals surface area (Å²) in [6.07, 6.45) is -0.851. The summed E-state index contributed by atoms with van der Waals surface area (Å²) in [6, 6.07) is 20.8. The van der Waals surface area contributed by atoms with E-state index in [-0.39, 0.29) is 6.61 Å². The summed E-state index contributed by atoms with van der Waals surface area (Å²) in [5, 5.41) is 6.48. The molecule has 1 heterocycles. The highest BCUT2D eigenvalue weighted by atomic mass is 35.5. The van der Waals surface area contributed by atoms with Gasteiger partial charge in [-0.2, -0.15) is 0 Å². The van der Waals surface area contributed by atoms with E-state index in [1.807, 2.05) is 37.3 Å². The molecule has 41 heavy (non-hydrogen) atoms. The molecule has 1 aromatic heterocycles. The first-order chi connectivity index (χ1) is 19.7. The van der Waals surface area contributed by atoms with Crippen LogP contribution in [0, 0.1) is 6.92 Å². The van der Waals surface area contributed by atoms with Gasteiger partial charge in [-0.3, -0.25) is 9.59 Å². The smallest absolute Gasteiger partial charge is 0.341 e. The van der Waals surface area contributed by atoms with Crippen LogP contribution in [0.25, 0.3) is 11.1 Å². The highest BCUT2D eigenvalue weighted by Gasteiger charge is 2.26. The summed E-state index contributed by atoms with van der Waals surface area (Å²) in [5.41, 5.74) is 2.69. The van der Waals surface area contributed by atoms with E-state index in [9.17, 15) is 14.4 Å². The molecular weight excluding hydrogens is 564 g/mol. The normalized spacial score (nSPS) is 11.3. The molecule has 8 nitrogen and oxygen atoms in total. The first kappa shape index (κ1) is 29.6. The van der Waals surface area contributed by atoms with Crippen molar-refractivity contribution in [2.75, 3.05) is 24.4 Å². The van der Waals surface area contributed by atoms with Gasteiger partial charge in [-0.15, -0.1) is 11.3 Å². The number of anilines is 2. The number of esters is 1. The monoisotopic (exact) mass is 592 g/mol. The Morgan fingerprint density at radius 1 is 0.976 bits per heavy atom. The van der Waals surface area contributed by atoms with Crippen LogP contribution in [0.2, 0.25) is 5.02 Å². The van der Waals surface area contributed by atoms with Crippen molar-refractivity contribution in [1.29, 1.82) is 0 Å². The number of carbonyl (C=O) groups is 3. The zero-order chi connectivity index (χ0) is 29.5. The summed E-state index contributed by atoms with van der Waals surface area (Å²) >= 11 is 7.35. The van der Waals surface area contributed by atoms with Crippen molar-refractivity contribution in [2.24, 2.45) is 0 Å². The largest absolute Gasteiger partial charge is 0.495 e. The van der Waals surface area contributed by atoms with E-state index in [4.69, 9.17) is 25.8 Å². The molecule has 0 fully saturated rings. The second-order valence-electron chi connectivity index (χ2n) is 8.90. The van der Waals surface area contributed by atoms with Gasteiger partial charge in [0.2, 0.25) is 0 Å². The van der Waals surface area contributed by atoms with Crippen LogP contribution in [0.5, 0.6) is 11.5 Å². The van der Waals surface area contributed by atoms with Gasteiger partial charge in [-0.25, -0.2) is 4.79 Å². The van der Waals surface area contributed by atoms with Crippen LogP contribution in [0.1, 0.15) is 39.4 Å². The Bertz CT molecular complexity index is 1550. The Morgan fingerprint density at radius 3 is 2.34 bits per heavy atom. The molecule has 0 saturated carbocycles. The molecule has 3 aromatic carbocycles. The lowest BCUT2D eigenvalue weighted by Crippen LogP contribution is -2.30. The van der Waals surface area contributed by atoms with Gasteiger partial charge in [-0.05, 0) is 68.8 Å². The molecule has 0 bridgehead atoms. The number of ether oxygens (including phenoxy) is 3. The second-order valence-corrected chi connectivity index (χ2v) is 10.6. The van der Waals surface area contributed by atoms with Crippen LogP contribution in [-0.4, -0.2) is 37.6 Å². The van der Waals surface area contributed by atoms with E-state index >= 15 is 0 Å². The topological polar surface area (TPSA) is 103 Å². The summed E-state index contributed by atoms with van der Waals surface area (Å²) in [5.74, 6) is -0.443. The average molecular weight is 593 g/mol. The first-order valence-corrected chi connectivity index (χ1v) is 14.0. The number of halogens is 1. The summed E-state index contributed by atoms with van der Waals surface area (Å²) in [6.45, 7) is 5.45. The number of nitrogens with one attached hydrogen (secondary N) is 2.